The Balaban J connectivity index is 2.33. The number of ether oxygens (including phenoxy) is 1. The number of anilines is 1. The van der Waals surface area contributed by atoms with E-state index in [1.165, 1.54) is 0 Å². The summed E-state index contributed by atoms with van der Waals surface area (Å²) in [7, 11) is 3.41. The fourth-order valence-corrected chi connectivity index (χ4v) is 1.94. The molecule has 6 nitrogen and oxygen atoms in total. The van der Waals surface area contributed by atoms with Crippen molar-refractivity contribution >= 4 is 35.0 Å². The molecule has 0 saturated carbocycles. The highest BCUT2D eigenvalue weighted by molar-refractivity contribution is 6.35. The molecule has 0 bridgehead atoms. The number of nitrogens with zero attached hydrogens (tertiary/aromatic N) is 2. The fourth-order valence-electron chi connectivity index (χ4n) is 1.50. The molecule has 0 spiro atoms. The van der Waals surface area contributed by atoms with Crippen LogP contribution in [0.4, 0.5) is 5.82 Å². The molecule has 0 atom stereocenters. The van der Waals surface area contributed by atoms with Gasteiger partial charge in [0.1, 0.15) is 5.82 Å². The SMILES string of the molecule is CN=C(NCCNc1ncc(Cl)cc1Cl)NCC(C)(C)OC. The van der Waals surface area contributed by atoms with Gasteiger partial charge in [0.2, 0.25) is 0 Å². The zero-order valence-electron chi connectivity index (χ0n) is 13.3. The monoisotopic (exact) mass is 347 g/mol. The van der Waals surface area contributed by atoms with Crippen LogP contribution in [0.5, 0.6) is 0 Å². The second kappa shape index (κ2) is 9.02. The molecule has 0 aliphatic rings. The number of pyridine rings is 1. The van der Waals surface area contributed by atoms with Gasteiger partial charge in [-0.2, -0.15) is 0 Å². The first-order chi connectivity index (χ1) is 10.4. The molecule has 1 rings (SSSR count). The summed E-state index contributed by atoms with van der Waals surface area (Å²) in [6.07, 6.45) is 1.55. The Bertz CT molecular complexity index is 508. The van der Waals surface area contributed by atoms with Gasteiger partial charge in [0.05, 0.1) is 15.6 Å². The highest BCUT2D eigenvalue weighted by atomic mass is 35.5. The van der Waals surface area contributed by atoms with Gasteiger partial charge >= 0.3 is 0 Å². The number of methoxy groups -OCH3 is 1. The molecular weight excluding hydrogens is 325 g/mol. The van der Waals surface area contributed by atoms with Crippen molar-refractivity contribution < 1.29 is 4.74 Å². The van der Waals surface area contributed by atoms with Crippen LogP contribution < -0.4 is 16.0 Å². The van der Waals surface area contributed by atoms with Crippen molar-refractivity contribution in [1.29, 1.82) is 0 Å². The zero-order chi connectivity index (χ0) is 16.6. The maximum absolute atomic E-state index is 6.03. The van der Waals surface area contributed by atoms with Crippen LogP contribution in [0.3, 0.4) is 0 Å². The minimum atomic E-state index is -0.253. The quantitative estimate of drug-likeness (QED) is 0.401. The number of hydrogen-bond donors (Lipinski definition) is 3. The Hall–Kier alpha value is -1.24. The van der Waals surface area contributed by atoms with Gasteiger partial charge in [0.25, 0.3) is 0 Å². The molecule has 0 unspecified atom stereocenters. The van der Waals surface area contributed by atoms with E-state index in [2.05, 4.69) is 25.9 Å². The summed E-state index contributed by atoms with van der Waals surface area (Å²) >= 11 is 11.8. The summed E-state index contributed by atoms with van der Waals surface area (Å²) in [5, 5.41) is 10.5. The van der Waals surface area contributed by atoms with Crippen LogP contribution in [0.1, 0.15) is 13.8 Å². The molecule has 1 aromatic heterocycles. The number of aromatic nitrogens is 1. The summed E-state index contributed by atoms with van der Waals surface area (Å²) in [4.78, 5) is 8.28. The van der Waals surface area contributed by atoms with E-state index in [9.17, 15) is 0 Å². The number of nitrogens with one attached hydrogen (secondary N) is 3. The van der Waals surface area contributed by atoms with Gasteiger partial charge in [-0.1, -0.05) is 23.2 Å². The van der Waals surface area contributed by atoms with Crippen LogP contribution in [-0.2, 0) is 4.74 Å². The van der Waals surface area contributed by atoms with Crippen LogP contribution in [0.25, 0.3) is 0 Å². The van der Waals surface area contributed by atoms with E-state index in [0.717, 1.165) is 0 Å². The number of rotatable bonds is 7. The molecule has 1 aromatic rings. The molecule has 0 radical (unpaired) electrons. The summed E-state index contributed by atoms with van der Waals surface area (Å²) in [6, 6.07) is 1.65. The van der Waals surface area contributed by atoms with E-state index >= 15 is 0 Å². The fraction of sp³-hybridized carbons (Fsp3) is 0.571. The number of aliphatic imine (C=N–C) groups is 1. The molecule has 0 amide bonds. The maximum Gasteiger partial charge on any atom is 0.191 e. The molecule has 0 saturated heterocycles. The van der Waals surface area contributed by atoms with Gasteiger partial charge in [-0.25, -0.2) is 4.98 Å². The molecule has 1 heterocycles. The van der Waals surface area contributed by atoms with Gasteiger partial charge < -0.3 is 20.7 Å². The Kier molecular flexibility index (Phi) is 7.72. The second-order valence-electron chi connectivity index (χ2n) is 5.23. The normalized spacial score (nSPS) is 12.2. The van der Waals surface area contributed by atoms with E-state index in [0.29, 0.717) is 41.5 Å². The van der Waals surface area contributed by atoms with Crippen molar-refractivity contribution in [3.8, 4) is 0 Å². The molecule has 22 heavy (non-hydrogen) atoms. The molecule has 0 aliphatic carbocycles. The van der Waals surface area contributed by atoms with Crippen molar-refractivity contribution in [1.82, 2.24) is 15.6 Å². The predicted molar refractivity (Wildman–Crippen MR) is 93.2 cm³/mol. The largest absolute Gasteiger partial charge is 0.377 e. The highest BCUT2D eigenvalue weighted by Crippen LogP contribution is 2.21. The average Bonchev–Trinajstić information content (AvgIpc) is 2.48. The van der Waals surface area contributed by atoms with E-state index in [1.807, 2.05) is 13.8 Å². The minimum Gasteiger partial charge on any atom is -0.377 e. The van der Waals surface area contributed by atoms with E-state index in [-0.39, 0.29) is 5.60 Å². The molecule has 8 heteroatoms. The maximum atomic E-state index is 6.03. The summed E-state index contributed by atoms with van der Waals surface area (Å²) in [5.74, 6) is 1.32. The standard InChI is InChI=1S/C14H23Cl2N5O/c1-14(2,22-4)9-21-13(17-3)19-6-5-18-12-11(16)7-10(15)8-20-12/h7-8H,5-6,9H2,1-4H3,(H,18,20)(H2,17,19,21). The van der Waals surface area contributed by atoms with Crippen LogP contribution >= 0.6 is 23.2 Å². The van der Waals surface area contributed by atoms with Crippen molar-refractivity contribution in [3.63, 3.8) is 0 Å². The van der Waals surface area contributed by atoms with Gasteiger partial charge in [-0.05, 0) is 19.9 Å². The van der Waals surface area contributed by atoms with Crippen LogP contribution in [0.15, 0.2) is 17.3 Å². The first-order valence-corrected chi connectivity index (χ1v) is 7.68. The van der Waals surface area contributed by atoms with Crippen molar-refractivity contribution in [2.45, 2.75) is 19.4 Å². The summed E-state index contributed by atoms with van der Waals surface area (Å²) in [6.45, 7) is 5.96. The molecular formula is C14H23Cl2N5O. The summed E-state index contributed by atoms with van der Waals surface area (Å²) < 4.78 is 5.35. The first-order valence-electron chi connectivity index (χ1n) is 6.92. The Labute approximate surface area is 141 Å². The smallest absolute Gasteiger partial charge is 0.191 e. The second-order valence-corrected chi connectivity index (χ2v) is 6.07. The Morgan fingerprint density at radius 1 is 1.32 bits per heavy atom. The van der Waals surface area contributed by atoms with Crippen LogP contribution in [0, 0.1) is 0 Å². The molecule has 0 aliphatic heterocycles. The van der Waals surface area contributed by atoms with E-state index < -0.39 is 0 Å². The van der Waals surface area contributed by atoms with Crippen LogP contribution in [0.2, 0.25) is 10.0 Å². The summed E-state index contributed by atoms with van der Waals surface area (Å²) in [5.41, 5.74) is -0.253. The molecule has 0 fully saturated rings. The topological polar surface area (TPSA) is 70.6 Å². The third-order valence-corrected chi connectivity index (χ3v) is 3.47. The number of hydrogen-bond acceptors (Lipinski definition) is 4. The molecule has 124 valence electrons. The van der Waals surface area contributed by atoms with Crippen molar-refractivity contribution in [2.24, 2.45) is 4.99 Å². The predicted octanol–water partition coefficient (Wildman–Crippen LogP) is 2.39. The van der Waals surface area contributed by atoms with Crippen molar-refractivity contribution in [2.75, 3.05) is 39.1 Å². The van der Waals surface area contributed by atoms with Gasteiger partial charge in [-0.15, -0.1) is 0 Å². The Morgan fingerprint density at radius 2 is 2.05 bits per heavy atom. The Morgan fingerprint density at radius 3 is 2.64 bits per heavy atom. The van der Waals surface area contributed by atoms with Gasteiger partial charge in [0, 0.05) is 40.0 Å². The minimum absolute atomic E-state index is 0.253. The number of guanidine groups is 1. The van der Waals surface area contributed by atoms with E-state index in [1.54, 1.807) is 26.4 Å². The molecule has 3 N–H and O–H groups in total. The van der Waals surface area contributed by atoms with Gasteiger partial charge in [-0.3, -0.25) is 4.99 Å². The highest BCUT2D eigenvalue weighted by Gasteiger charge is 2.16. The van der Waals surface area contributed by atoms with Crippen molar-refractivity contribution in [3.05, 3.63) is 22.3 Å². The van der Waals surface area contributed by atoms with E-state index in [4.69, 9.17) is 27.9 Å². The third-order valence-electron chi connectivity index (χ3n) is 2.98. The third kappa shape index (κ3) is 6.68. The zero-order valence-corrected chi connectivity index (χ0v) is 14.8. The number of halogens is 2. The lowest BCUT2D eigenvalue weighted by Crippen LogP contribution is -2.46. The average molecular weight is 348 g/mol. The van der Waals surface area contributed by atoms with Gasteiger partial charge in [0.15, 0.2) is 5.96 Å². The lowest BCUT2D eigenvalue weighted by molar-refractivity contribution is 0.0268. The lowest BCUT2D eigenvalue weighted by atomic mass is 10.1. The lowest BCUT2D eigenvalue weighted by Gasteiger charge is -2.24. The first kappa shape index (κ1) is 18.8. The molecule has 0 aromatic carbocycles. The van der Waals surface area contributed by atoms with Crippen LogP contribution in [-0.4, -0.2) is 50.3 Å².